The summed E-state index contributed by atoms with van der Waals surface area (Å²) in [5.74, 6) is 1.56. The third-order valence-corrected chi connectivity index (χ3v) is 6.54. The molecule has 0 amide bonds. The molecule has 2 aliphatic rings. The lowest BCUT2D eigenvalue weighted by molar-refractivity contribution is 0.232. The van der Waals surface area contributed by atoms with E-state index in [0.717, 1.165) is 12.2 Å². The topological polar surface area (TPSA) is 68.1 Å². The SMILES string of the molecule is CN(Cc1ncnn1C1CCCCC1)[C@H]1CCS(=O)(=O)C1. The van der Waals surface area contributed by atoms with Crippen LogP contribution < -0.4 is 0 Å². The molecule has 1 aliphatic carbocycles. The van der Waals surface area contributed by atoms with E-state index in [1.54, 1.807) is 6.33 Å². The van der Waals surface area contributed by atoms with Crippen molar-refractivity contribution in [1.29, 1.82) is 0 Å². The highest BCUT2D eigenvalue weighted by atomic mass is 32.2. The predicted molar refractivity (Wildman–Crippen MR) is 80.7 cm³/mol. The quantitative estimate of drug-likeness (QED) is 0.840. The Bertz CT molecular complexity index is 578. The summed E-state index contributed by atoms with van der Waals surface area (Å²) in [4.78, 5) is 6.52. The summed E-state index contributed by atoms with van der Waals surface area (Å²) in [6.45, 7) is 0.677. The Morgan fingerprint density at radius 3 is 2.71 bits per heavy atom. The molecule has 6 nitrogen and oxygen atoms in total. The van der Waals surface area contributed by atoms with Gasteiger partial charge in [0.1, 0.15) is 12.2 Å². The molecule has 0 unspecified atom stereocenters. The third-order valence-electron chi connectivity index (χ3n) is 4.79. The minimum atomic E-state index is -2.83. The van der Waals surface area contributed by atoms with Gasteiger partial charge in [-0.25, -0.2) is 18.1 Å². The lowest BCUT2D eigenvalue weighted by Gasteiger charge is -2.26. The number of nitrogens with zero attached hydrogens (tertiary/aromatic N) is 4. The molecule has 7 heteroatoms. The summed E-state index contributed by atoms with van der Waals surface area (Å²) in [7, 11) is -0.843. The van der Waals surface area contributed by atoms with E-state index >= 15 is 0 Å². The molecule has 1 aromatic heterocycles. The maximum atomic E-state index is 11.6. The summed E-state index contributed by atoms with van der Waals surface area (Å²) in [6.07, 6.45) is 8.57. The Labute approximate surface area is 126 Å². The standard InChI is InChI=1S/C14H24N4O2S/c1-17(13-7-8-21(19,20)10-13)9-14-15-11-16-18(14)12-5-3-2-4-6-12/h11-13H,2-10H2,1H3/t13-/m0/s1. The van der Waals surface area contributed by atoms with Crippen LogP contribution in [0.5, 0.6) is 0 Å². The van der Waals surface area contributed by atoms with Gasteiger partial charge in [-0.1, -0.05) is 19.3 Å². The molecule has 21 heavy (non-hydrogen) atoms. The minimum Gasteiger partial charge on any atom is -0.295 e. The molecule has 1 atom stereocenters. The molecule has 1 aromatic rings. The Hall–Kier alpha value is -0.950. The minimum absolute atomic E-state index is 0.117. The summed E-state index contributed by atoms with van der Waals surface area (Å²) < 4.78 is 25.3. The van der Waals surface area contributed by atoms with Crippen LogP contribution in [0.4, 0.5) is 0 Å². The van der Waals surface area contributed by atoms with Crippen LogP contribution in [0.3, 0.4) is 0 Å². The number of hydrogen-bond acceptors (Lipinski definition) is 5. The third kappa shape index (κ3) is 3.45. The van der Waals surface area contributed by atoms with E-state index in [2.05, 4.69) is 19.7 Å². The average Bonchev–Trinajstić information content (AvgIpc) is 3.06. The first kappa shape index (κ1) is 15.0. The van der Waals surface area contributed by atoms with E-state index in [9.17, 15) is 8.42 Å². The van der Waals surface area contributed by atoms with Crippen LogP contribution >= 0.6 is 0 Å². The van der Waals surface area contributed by atoms with Crippen molar-refractivity contribution in [3.05, 3.63) is 12.2 Å². The number of aromatic nitrogens is 3. The monoisotopic (exact) mass is 312 g/mol. The van der Waals surface area contributed by atoms with Crippen molar-refractivity contribution in [3.63, 3.8) is 0 Å². The zero-order valence-electron chi connectivity index (χ0n) is 12.6. The van der Waals surface area contributed by atoms with Gasteiger partial charge in [0.15, 0.2) is 9.84 Å². The molecule has 0 bridgehead atoms. The van der Waals surface area contributed by atoms with Gasteiger partial charge >= 0.3 is 0 Å². The fraction of sp³-hybridized carbons (Fsp3) is 0.857. The maximum Gasteiger partial charge on any atom is 0.151 e. The molecular formula is C14H24N4O2S. The van der Waals surface area contributed by atoms with Gasteiger partial charge in [-0.15, -0.1) is 0 Å². The Balaban J connectivity index is 1.66. The molecule has 1 saturated heterocycles. The lowest BCUT2D eigenvalue weighted by atomic mass is 9.95. The first-order valence-corrected chi connectivity index (χ1v) is 9.66. The lowest BCUT2D eigenvalue weighted by Crippen LogP contribution is -2.33. The second-order valence-electron chi connectivity index (χ2n) is 6.38. The van der Waals surface area contributed by atoms with E-state index in [1.807, 2.05) is 7.05 Å². The molecule has 1 saturated carbocycles. The number of sulfone groups is 1. The fourth-order valence-electron chi connectivity index (χ4n) is 3.49. The van der Waals surface area contributed by atoms with Gasteiger partial charge in [0.05, 0.1) is 24.1 Å². The highest BCUT2D eigenvalue weighted by Gasteiger charge is 2.31. The van der Waals surface area contributed by atoms with Gasteiger partial charge in [0.2, 0.25) is 0 Å². The predicted octanol–water partition coefficient (Wildman–Crippen LogP) is 1.40. The Morgan fingerprint density at radius 2 is 2.05 bits per heavy atom. The summed E-state index contributed by atoms with van der Waals surface area (Å²) in [5.41, 5.74) is 0. The van der Waals surface area contributed by atoms with Crippen molar-refractivity contribution < 1.29 is 8.42 Å². The van der Waals surface area contributed by atoms with Crippen LogP contribution in [0.15, 0.2) is 6.33 Å². The smallest absolute Gasteiger partial charge is 0.151 e. The highest BCUT2D eigenvalue weighted by molar-refractivity contribution is 7.91. The van der Waals surface area contributed by atoms with Gasteiger partial charge in [-0.3, -0.25) is 4.90 Å². The van der Waals surface area contributed by atoms with Crippen molar-refractivity contribution in [2.24, 2.45) is 0 Å². The molecule has 1 aliphatic heterocycles. The molecule has 0 radical (unpaired) electrons. The van der Waals surface area contributed by atoms with E-state index in [-0.39, 0.29) is 11.8 Å². The zero-order valence-corrected chi connectivity index (χ0v) is 13.4. The molecule has 0 spiro atoms. The van der Waals surface area contributed by atoms with Crippen molar-refractivity contribution in [3.8, 4) is 0 Å². The van der Waals surface area contributed by atoms with Crippen LogP contribution in [0, 0.1) is 0 Å². The van der Waals surface area contributed by atoms with Gasteiger partial charge < -0.3 is 0 Å². The summed E-state index contributed by atoms with van der Waals surface area (Å²) in [5, 5.41) is 4.41. The Kier molecular flexibility index (Phi) is 4.31. The average molecular weight is 312 g/mol. The normalized spacial score (nSPS) is 26.5. The number of rotatable bonds is 4. The Morgan fingerprint density at radius 1 is 1.29 bits per heavy atom. The second kappa shape index (κ2) is 6.04. The molecule has 0 N–H and O–H groups in total. The molecule has 2 fully saturated rings. The van der Waals surface area contributed by atoms with Crippen molar-refractivity contribution in [2.75, 3.05) is 18.6 Å². The van der Waals surface area contributed by atoms with Gasteiger partial charge in [-0.2, -0.15) is 5.10 Å². The van der Waals surface area contributed by atoms with Crippen molar-refractivity contribution in [2.45, 2.75) is 57.2 Å². The second-order valence-corrected chi connectivity index (χ2v) is 8.61. The summed E-state index contributed by atoms with van der Waals surface area (Å²) >= 11 is 0. The van der Waals surface area contributed by atoms with Gasteiger partial charge in [0.25, 0.3) is 0 Å². The van der Waals surface area contributed by atoms with Crippen LogP contribution in [-0.4, -0.2) is 52.7 Å². The highest BCUT2D eigenvalue weighted by Crippen LogP contribution is 2.28. The van der Waals surface area contributed by atoms with Crippen LogP contribution in [0.2, 0.25) is 0 Å². The van der Waals surface area contributed by atoms with Crippen molar-refractivity contribution >= 4 is 9.84 Å². The van der Waals surface area contributed by atoms with Gasteiger partial charge in [0, 0.05) is 6.04 Å². The zero-order chi connectivity index (χ0) is 14.9. The van der Waals surface area contributed by atoms with Gasteiger partial charge in [-0.05, 0) is 26.3 Å². The molecule has 118 valence electrons. The first-order chi connectivity index (χ1) is 10.1. The largest absolute Gasteiger partial charge is 0.295 e. The van der Waals surface area contributed by atoms with Crippen LogP contribution in [0.25, 0.3) is 0 Å². The van der Waals surface area contributed by atoms with E-state index < -0.39 is 9.84 Å². The molecule has 2 heterocycles. The van der Waals surface area contributed by atoms with E-state index in [1.165, 1.54) is 32.1 Å². The molecular weight excluding hydrogens is 288 g/mol. The number of hydrogen-bond donors (Lipinski definition) is 0. The van der Waals surface area contributed by atoms with E-state index in [4.69, 9.17) is 0 Å². The van der Waals surface area contributed by atoms with Crippen LogP contribution in [-0.2, 0) is 16.4 Å². The first-order valence-electron chi connectivity index (χ1n) is 7.84. The maximum absolute atomic E-state index is 11.6. The molecule has 3 rings (SSSR count). The van der Waals surface area contributed by atoms with Crippen LogP contribution in [0.1, 0.15) is 50.4 Å². The van der Waals surface area contributed by atoms with Crippen molar-refractivity contribution in [1.82, 2.24) is 19.7 Å². The van der Waals surface area contributed by atoms with E-state index in [0.29, 0.717) is 18.3 Å². The fourth-order valence-corrected chi connectivity index (χ4v) is 5.30. The molecule has 0 aromatic carbocycles. The summed E-state index contributed by atoms with van der Waals surface area (Å²) in [6, 6.07) is 0.587.